The number of nitrogens with zero attached hydrogens (tertiary/aromatic N) is 1. The lowest BCUT2D eigenvalue weighted by molar-refractivity contribution is -0.145. The molecule has 0 bridgehead atoms. The van der Waals surface area contributed by atoms with Crippen molar-refractivity contribution in [1.29, 1.82) is 0 Å². The molecule has 0 amide bonds. The Labute approximate surface area is 114 Å². The summed E-state index contributed by atoms with van der Waals surface area (Å²) < 4.78 is 13.8. The van der Waals surface area contributed by atoms with E-state index in [9.17, 15) is 9.18 Å². The Bertz CT molecular complexity index is 460. The van der Waals surface area contributed by atoms with Crippen LogP contribution in [-0.2, 0) is 11.3 Å². The number of halogens is 2. The van der Waals surface area contributed by atoms with E-state index in [0.29, 0.717) is 11.0 Å². The number of carboxylic acids is 1. The lowest BCUT2D eigenvalue weighted by Crippen LogP contribution is -2.50. The molecule has 18 heavy (non-hydrogen) atoms. The molecule has 5 heteroatoms. The molecular formula is C13H15BrFNO2. The summed E-state index contributed by atoms with van der Waals surface area (Å²) >= 11 is 3.12. The van der Waals surface area contributed by atoms with Crippen molar-refractivity contribution in [2.75, 3.05) is 13.1 Å². The molecular weight excluding hydrogens is 301 g/mol. The van der Waals surface area contributed by atoms with Crippen molar-refractivity contribution in [2.24, 2.45) is 11.8 Å². The van der Waals surface area contributed by atoms with Gasteiger partial charge in [0.05, 0.1) is 10.4 Å². The highest BCUT2D eigenvalue weighted by atomic mass is 79.9. The van der Waals surface area contributed by atoms with Gasteiger partial charge in [-0.05, 0) is 39.5 Å². The molecule has 98 valence electrons. The van der Waals surface area contributed by atoms with Crippen LogP contribution in [0.4, 0.5) is 4.39 Å². The van der Waals surface area contributed by atoms with E-state index in [-0.39, 0.29) is 17.7 Å². The van der Waals surface area contributed by atoms with E-state index in [0.717, 1.165) is 18.7 Å². The van der Waals surface area contributed by atoms with Crippen LogP contribution in [-0.4, -0.2) is 29.1 Å². The first-order chi connectivity index (χ1) is 8.47. The van der Waals surface area contributed by atoms with Crippen molar-refractivity contribution >= 4 is 21.9 Å². The van der Waals surface area contributed by atoms with Gasteiger partial charge >= 0.3 is 5.97 Å². The number of likely N-dealkylation sites (tertiary alicyclic amines) is 1. The minimum atomic E-state index is -0.741. The highest BCUT2D eigenvalue weighted by Gasteiger charge is 2.34. The fraction of sp³-hybridized carbons (Fsp3) is 0.462. The van der Waals surface area contributed by atoms with E-state index in [1.165, 1.54) is 6.07 Å². The molecule has 2 rings (SSSR count). The normalized spacial score (nSPS) is 18.4. The molecule has 0 aromatic heterocycles. The molecule has 0 saturated carbocycles. The number of rotatable bonds is 4. The lowest BCUT2D eigenvalue weighted by atomic mass is 9.87. The van der Waals surface area contributed by atoms with E-state index in [2.05, 4.69) is 20.8 Å². The van der Waals surface area contributed by atoms with Crippen LogP contribution >= 0.6 is 15.9 Å². The Morgan fingerprint density at radius 3 is 2.83 bits per heavy atom. The van der Waals surface area contributed by atoms with Gasteiger partial charge in [0.1, 0.15) is 5.82 Å². The van der Waals surface area contributed by atoms with Crippen LogP contribution in [0.25, 0.3) is 0 Å². The summed E-state index contributed by atoms with van der Waals surface area (Å²) in [5.74, 6) is -1.09. The molecule has 1 saturated heterocycles. The maximum Gasteiger partial charge on any atom is 0.306 e. The molecule has 0 radical (unpaired) electrons. The van der Waals surface area contributed by atoms with Gasteiger partial charge in [0.2, 0.25) is 0 Å². The van der Waals surface area contributed by atoms with Crippen LogP contribution in [0.15, 0.2) is 22.7 Å². The van der Waals surface area contributed by atoms with Gasteiger partial charge in [0.25, 0.3) is 0 Å². The van der Waals surface area contributed by atoms with E-state index < -0.39 is 5.97 Å². The second-order valence-electron chi connectivity index (χ2n) is 4.83. The van der Waals surface area contributed by atoms with Crippen LogP contribution in [0.3, 0.4) is 0 Å². The van der Waals surface area contributed by atoms with Gasteiger partial charge in [-0.2, -0.15) is 0 Å². The lowest BCUT2D eigenvalue weighted by Gasteiger charge is -2.41. The van der Waals surface area contributed by atoms with Gasteiger partial charge in [0, 0.05) is 19.6 Å². The first kappa shape index (κ1) is 13.5. The number of aliphatic carboxylic acids is 1. The third kappa shape index (κ3) is 2.90. The molecule has 1 aliphatic rings. The van der Waals surface area contributed by atoms with Crippen molar-refractivity contribution in [3.63, 3.8) is 0 Å². The number of carboxylic acid groups (broad SMARTS) is 1. The Hall–Kier alpha value is -0.940. The smallest absolute Gasteiger partial charge is 0.306 e. The fourth-order valence-corrected chi connectivity index (χ4v) is 2.40. The average molecular weight is 316 g/mol. The van der Waals surface area contributed by atoms with E-state index in [1.54, 1.807) is 13.0 Å². The molecule has 1 atom stereocenters. The fourth-order valence-electron chi connectivity index (χ4n) is 2.15. The van der Waals surface area contributed by atoms with Gasteiger partial charge in [0.15, 0.2) is 0 Å². The third-order valence-corrected chi connectivity index (χ3v) is 4.12. The van der Waals surface area contributed by atoms with Crippen LogP contribution in [0, 0.1) is 17.7 Å². The molecule has 3 nitrogen and oxygen atoms in total. The third-order valence-electron chi connectivity index (χ3n) is 3.47. The highest BCUT2D eigenvalue weighted by molar-refractivity contribution is 9.10. The minimum Gasteiger partial charge on any atom is -0.481 e. The first-order valence-corrected chi connectivity index (χ1v) is 6.65. The van der Waals surface area contributed by atoms with Gasteiger partial charge in [-0.1, -0.05) is 13.0 Å². The molecule has 1 aromatic rings. The molecule has 1 heterocycles. The van der Waals surface area contributed by atoms with Crippen LogP contribution < -0.4 is 0 Å². The van der Waals surface area contributed by atoms with Gasteiger partial charge in [-0.15, -0.1) is 0 Å². The summed E-state index contributed by atoms with van der Waals surface area (Å²) in [4.78, 5) is 12.9. The average Bonchev–Trinajstić information content (AvgIpc) is 2.26. The number of hydrogen-bond acceptors (Lipinski definition) is 2. The second-order valence-corrected chi connectivity index (χ2v) is 5.68. The molecule has 0 aliphatic carbocycles. The van der Waals surface area contributed by atoms with Crippen LogP contribution in [0.5, 0.6) is 0 Å². The quantitative estimate of drug-likeness (QED) is 0.928. The number of benzene rings is 1. The predicted molar refractivity (Wildman–Crippen MR) is 69.7 cm³/mol. The Balaban J connectivity index is 1.86. The zero-order chi connectivity index (χ0) is 13.3. The highest BCUT2D eigenvalue weighted by Crippen LogP contribution is 2.26. The van der Waals surface area contributed by atoms with Gasteiger partial charge in [-0.3, -0.25) is 9.69 Å². The Morgan fingerprint density at radius 2 is 2.28 bits per heavy atom. The van der Waals surface area contributed by atoms with Crippen molar-refractivity contribution in [3.8, 4) is 0 Å². The topological polar surface area (TPSA) is 40.5 Å². The van der Waals surface area contributed by atoms with Crippen LogP contribution in [0.2, 0.25) is 0 Å². The second kappa shape index (κ2) is 5.36. The summed E-state index contributed by atoms with van der Waals surface area (Å²) in [6.07, 6.45) is 0. The zero-order valence-electron chi connectivity index (χ0n) is 10.1. The summed E-state index contributed by atoms with van der Waals surface area (Å²) in [5.41, 5.74) is 0.914. The predicted octanol–water partition coefficient (Wildman–Crippen LogP) is 2.74. The Morgan fingerprint density at radius 1 is 1.61 bits per heavy atom. The van der Waals surface area contributed by atoms with Gasteiger partial charge < -0.3 is 5.11 Å². The minimum absolute atomic E-state index is 0.211. The monoisotopic (exact) mass is 315 g/mol. The molecule has 1 unspecified atom stereocenters. The summed E-state index contributed by atoms with van der Waals surface area (Å²) in [5, 5.41) is 8.89. The van der Waals surface area contributed by atoms with E-state index in [1.807, 2.05) is 6.07 Å². The zero-order valence-corrected chi connectivity index (χ0v) is 11.7. The SMILES string of the molecule is CC(C(=O)O)C1CN(Cc2ccc(Br)c(F)c2)C1. The molecule has 1 N–H and O–H groups in total. The number of hydrogen-bond donors (Lipinski definition) is 1. The van der Waals surface area contributed by atoms with Gasteiger partial charge in [-0.25, -0.2) is 4.39 Å². The van der Waals surface area contributed by atoms with Crippen molar-refractivity contribution < 1.29 is 14.3 Å². The molecule has 1 aliphatic heterocycles. The number of carbonyl (C=O) groups is 1. The van der Waals surface area contributed by atoms with E-state index >= 15 is 0 Å². The molecule has 1 fully saturated rings. The van der Waals surface area contributed by atoms with Crippen LogP contribution in [0.1, 0.15) is 12.5 Å². The summed E-state index contributed by atoms with van der Waals surface area (Å²) in [7, 11) is 0. The van der Waals surface area contributed by atoms with Crippen molar-refractivity contribution in [3.05, 3.63) is 34.1 Å². The first-order valence-electron chi connectivity index (χ1n) is 5.86. The van der Waals surface area contributed by atoms with Crippen molar-refractivity contribution in [1.82, 2.24) is 4.90 Å². The van der Waals surface area contributed by atoms with E-state index in [4.69, 9.17) is 5.11 Å². The molecule has 1 aromatic carbocycles. The maximum absolute atomic E-state index is 13.3. The largest absolute Gasteiger partial charge is 0.481 e. The Kier molecular flexibility index (Phi) is 4.02. The maximum atomic E-state index is 13.3. The molecule has 0 spiro atoms. The standard InChI is InChI=1S/C13H15BrFNO2/c1-8(13(17)18)10-6-16(7-10)5-9-2-3-11(14)12(15)4-9/h2-4,8,10H,5-7H2,1H3,(H,17,18). The van der Waals surface area contributed by atoms with Crippen molar-refractivity contribution in [2.45, 2.75) is 13.5 Å². The summed E-state index contributed by atoms with van der Waals surface area (Å²) in [6.45, 7) is 3.95. The summed E-state index contributed by atoms with van der Waals surface area (Å²) in [6, 6.07) is 5.08.